The molecule has 2 nitrogen and oxygen atoms in total. The number of aliphatic hydroxyl groups is 1. The van der Waals surface area contributed by atoms with Gasteiger partial charge in [-0.05, 0) is 36.0 Å². The van der Waals surface area contributed by atoms with E-state index in [-0.39, 0.29) is 17.4 Å². The number of nitrogens with two attached hydrogens (primary N) is 1. The van der Waals surface area contributed by atoms with Gasteiger partial charge < -0.3 is 10.8 Å². The van der Waals surface area contributed by atoms with E-state index >= 15 is 0 Å². The molecule has 1 saturated carbocycles. The Bertz CT molecular complexity index is 398. The normalized spacial score (nSPS) is 21.9. The van der Waals surface area contributed by atoms with E-state index in [0.29, 0.717) is 6.54 Å². The molecule has 1 fully saturated rings. The predicted molar refractivity (Wildman–Crippen MR) is 83.1 cm³/mol. The fourth-order valence-electron chi connectivity index (χ4n) is 3.30. The van der Waals surface area contributed by atoms with Gasteiger partial charge in [-0.1, -0.05) is 54.2 Å². The summed E-state index contributed by atoms with van der Waals surface area (Å²) in [5.41, 5.74) is 7.10. The first-order valence-electron chi connectivity index (χ1n) is 7.20. The third-order valence-corrected chi connectivity index (χ3v) is 5.17. The van der Waals surface area contributed by atoms with Gasteiger partial charge in [0.25, 0.3) is 0 Å². The first kappa shape index (κ1) is 15.0. The van der Waals surface area contributed by atoms with Gasteiger partial charge in [0.2, 0.25) is 0 Å². The number of hydrogen-bond acceptors (Lipinski definition) is 2. The molecule has 106 valence electrons. The molecule has 19 heavy (non-hydrogen) atoms. The van der Waals surface area contributed by atoms with Gasteiger partial charge in [-0.25, -0.2) is 0 Å². The maximum Gasteiger partial charge on any atom is 0.0674 e. The van der Waals surface area contributed by atoms with Crippen molar-refractivity contribution in [2.75, 3.05) is 6.54 Å². The Kier molecular flexibility index (Phi) is 5.04. The highest BCUT2D eigenvalue weighted by Crippen LogP contribution is 2.43. The van der Waals surface area contributed by atoms with Gasteiger partial charge in [-0.2, -0.15) is 0 Å². The zero-order valence-corrected chi connectivity index (χ0v) is 13.2. The first-order valence-corrected chi connectivity index (χ1v) is 8.00. The predicted octanol–water partition coefficient (Wildman–Crippen LogP) is 3.82. The fraction of sp³-hybridized carbons (Fsp3) is 0.625. The molecule has 0 aliphatic heterocycles. The molecule has 2 unspecified atom stereocenters. The summed E-state index contributed by atoms with van der Waals surface area (Å²) in [6, 6.07) is 8.18. The molecule has 1 aromatic carbocycles. The van der Waals surface area contributed by atoms with Crippen LogP contribution in [0.1, 0.15) is 50.5 Å². The van der Waals surface area contributed by atoms with Crippen LogP contribution in [-0.2, 0) is 0 Å². The van der Waals surface area contributed by atoms with E-state index < -0.39 is 0 Å². The van der Waals surface area contributed by atoms with Crippen molar-refractivity contribution in [1.29, 1.82) is 0 Å². The SMILES string of the molecule is CC1(C(O)C(CN)c2ccc(Br)cc2)CCCCC1. The minimum absolute atomic E-state index is 0.0232. The summed E-state index contributed by atoms with van der Waals surface area (Å²) in [5, 5.41) is 10.8. The van der Waals surface area contributed by atoms with Crippen molar-refractivity contribution in [2.24, 2.45) is 11.1 Å². The van der Waals surface area contributed by atoms with Gasteiger partial charge in [0.1, 0.15) is 0 Å². The van der Waals surface area contributed by atoms with Crippen LogP contribution in [0.25, 0.3) is 0 Å². The minimum Gasteiger partial charge on any atom is -0.392 e. The second-order valence-electron chi connectivity index (χ2n) is 6.05. The third kappa shape index (κ3) is 3.39. The minimum atomic E-state index is -0.348. The summed E-state index contributed by atoms with van der Waals surface area (Å²) in [4.78, 5) is 0. The summed E-state index contributed by atoms with van der Waals surface area (Å²) in [6.45, 7) is 2.72. The van der Waals surface area contributed by atoms with E-state index in [2.05, 4.69) is 35.0 Å². The number of halogens is 1. The molecular formula is C16H24BrNO. The molecule has 0 spiro atoms. The van der Waals surface area contributed by atoms with Crippen LogP contribution in [0.15, 0.2) is 28.7 Å². The Morgan fingerprint density at radius 2 is 1.79 bits per heavy atom. The number of hydrogen-bond donors (Lipinski definition) is 2. The molecule has 0 saturated heterocycles. The molecule has 0 bridgehead atoms. The van der Waals surface area contributed by atoms with Gasteiger partial charge in [-0.15, -0.1) is 0 Å². The Morgan fingerprint density at radius 3 is 2.32 bits per heavy atom. The number of rotatable bonds is 4. The molecule has 2 atom stereocenters. The molecule has 3 heteroatoms. The lowest BCUT2D eigenvalue weighted by Gasteiger charge is -2.41. The van der Waals surface area contributed by atoms with Gasteiger partial charge in [0, 0.05) is 16.9 Å². The standard InChI is InChI=1S/C16H24BrNO/c1-16(9-3-2-4-10-16)15(19)14(11-18)12-5-7-13(17)8-6-12/h5-8,14-15,19H,2-4,9-11,18H2,1H3. The van der Waals surface area contributed by atoms with Crippen molar-refractivity contribution < 1.29 is 5.11 Å². The van der Waals surface area contributed by atoms with Gasteiger partial charge >= 0.3 is 0 Å². The average Bonchev–Trinajstić information content (AvgIpc) is 2.42. The van der Waals surface area contributed by atoms with Crippen molar-refractivity contribution in [1.82, 2.24) is 0 Å². The maximum absolute atomic E-state index is 10.8. The van der Waals surface area contributed by atoms with E-state index in [0.717, 1.165) is 22.9 Å². The van der Waals surface area contributed by atoms with E-state index in [4.69, 9.17) is 5.73 Å². The molecular weight excluding hydrogens is 302 g/mol. The lowest BCUT2D eigenvalue weighted by Crippen LogP contribution is -2.41. The summed E-state index contributed by atoms with van der Waals surface area (Å²) < 4.78 is 1.06. The van der Waals surface area contributed by atoms with Crippen LogP contribution in [0, 0.1) is 5.41 Å². The molecule has 0 heterocycles. The molecule has 2 rings (SSSR count). The van der Waals surface area contributed by atoms with E-state index in [9.17, 15) is 5.11 Å². The van der Waals surface area contributed by atoms with Crippen molar-refractivity contribution in [2.45, 2.75) is 51.0 Å². The Balaban J connectivity index is 2.18. The smallest absolute Gasteiger partial charge is 0.0674 e. The first-order chi connectivity index (χ1) is 9.07. The summed E-state index contributed by atoms with van der Waals surface area (Å²) in [7, 11) is 0. The van der Waals surface area contributed by atoms with Crippen LogP contribution < -0.4 is 5.73 Å². The number of benzene rings is 1. The van der Waals surface area contributed by atoms with Crippen LogP contribution in [0.4, 0.5) is 0 Å². The average molecular weight is 326 g/mol. The second kappa shape index (κ2) is 6.38. The molecule has 0 aromatic heterocycles. The van der Waals surface area contributed by atoms with Crippen molar-refractivity contribution >= 4 is 15.9 Å². The summed E-state index contributed by atoms with van der Waals surface area (Å²) >= 11 is 3.45. The van der Waals surface area contributed by atoms with Crippen LogP contribution >= 0.6 is 15.9 Å². The molecule has 1 aromatic rings. The Hall–Kier alpha value is -0.380. The van der Waals surface area contributed by atoms with Crippen molar-refractivity contribution in [3.8, 4) is 0 Å². The zero-order valence-electron chi connectivity index (χ0n) is 11.6. The molecule has 0 radical (unpaired) electrons. The number of aliphatic hydroxyl groups excluding tert-OH is 1. The van der Waals surface area contributed by atoms with Gasteiger partial charge in [0.15, 0.2) is 0 Å². The maximum atomic E-state index is 10.8. The molecule has 1 aliphatic carbocycles. The van der Waals surface area contributed by atoms with Gasteiger partial charge in [0.05, 0.1) is 6.10 Å². The highest BCUT2D eigenvalue weighted by molar-refractivity contribution is 9.10. The van der Waals surface area contributed by atoms with E-state index in [1.54, 1.807) is 0 Å². The molecule has 1 aliphatic rings. The lowest BCUT2D eigenvalue weighted by atomic mass is 9.67. The van der Waals surface area contributed by atoms with Crippen LogP contribution in [0.2, 0.25) is 0 Å². The highest BCUT2D eigenvalue weighted by Gasteiger charge is 2.38. The molecule has 0 amide bonds. The Morgan fingerprint density at radius 1 is 1.21 bits per heavy atom. The highest BCUT2D eigenvalue weighted by atomic mass is 79.9. The fourth-order valence-corrected chi connectivity index (χ4v) is 3.56. The quantitative estimate of drug-likeness (QED) is 0.883. The second-order valence-corrected chi connectivity index (χ2v) is 6.97. The van der Waals surface area contributed by atoms with Crippen LogP contribution in [0.3, 0.4) is 0 Å². The third-order valence-electron chi connectivity index (χ3n) is 4.64. The monoisotopic (exact) mass is 325 g/mol. The Labute approximate surface area is 124 Å². The van der Waals surface area contributed by atoms with Crippen LogP contribution in [-0.4, -0.2) is 17.8 Å². The molecule has 3 N–H and O–H groups in total. The van der Waals surface area contributed by atoms with E-state index in [1.807, 2.05) is 12.1 Å². The largest absolute Gasteiger partial charge is 0.392 e. The van der Waals surface area contributed by atoms with E-state index in [1.165, 1.54) is 19.3 Å². The van der Waals surface area contributed by atoms with Gasteiger partial charge in [-0.3, -0.25) is 0 Å². The van der Waals surface area contributed by atoms with Crippen molar-refractivity contribution in [3.63, 3.8) is 0 Å². The summed E-state index contributed by atoms with van der Waals surface area (Å²) in [6.07, 6.45) is 5.63. The van der Waals surface area contributed by atoms with Crippen LogP contribution in [0.5, 0.6) is 0 Å². The summed E-state index contributed by atoms with van der Waals surface area (Å²) in [5.74, 6) is 0.0381. The topological polar surface area (TPSA) is 46.2 Å². The zero-order chi connectivity index (χ0) is 13.9. The lowest BCUT2D eigenvalue weighted by molar-refractivity contribution is -0.00749. The van der Waals surface area contributed by atoms with Crippen molar-refractivity contribution in [3.05, 3.63) is 34.3 Å².